The average molecular weight is 313 g/mol. The summed E-state index contributed by atoms with van der Waals surface area (Å²) >= 11 is 0. The Hall–Kier alpha value is -2.96. The molecule has 2 amide bonds. The van der Waals surface area contributed by atoms with Gasteiger partial charge in [-0.3, -0.25) is 9.59 Å². The molecule has 0 aliphatic rings. The lowest BCUT2D eigenvalue weighted by molar-refractivity contribution is -0.114. The van der Waals surface area contributed by atoms with E-state index < -0.39 is 0 Å². The van der Waals surface area contributed by atoms with E-state index in [1.54, 1.807) is 24.3 Å². The Morgan fingerprint density at radius 1 is 1.04 bits per heavy atom. The number of carbonyl (C=O) groups excluding carboxylic acids is 2. The molecule has 0 aliphatic heterocycles. The molecule has 0 saturated carbocycles. The number of rotatable bonds is 5. The summed E-state index contributed by atoms with van der Waals surface area (Å²) in [4.78, 5) is 22.9. The molecule has 0 saturated heterocycles. The number of hydrogen-bond acceptors (Lipinski definition) is 5. The Kier molecular flexibility index (Phi) is 5.24. The van der Waals surface area contributed by atoms with Crippen molar-refractivity contribution in [1.29, 1.82) is 0 Å². The number of anilines is 3. The van der Waals surface area contributed by atoms with Crippen molar-refractivity contribution in [2.45, 2.75) is 26.8 Å². The van der Waals surface area contributed by atoms with Crippen molar-refractivity contribution < 1.29 is 9.59 Å². The van der Waals surface area contributed by atoms with Crippen molar-refractivity contribution in [2.24, 2.45) is 0 Å². The predicted molar refractivity (Wildman–Crippen MR) is 88.7 cm³/mol. The lowest BCUT2D eigenvalue weighted by Crippen LogP contribution is -2.30. The summed E-state index contributed by atoms with van der Waals surface area (Å²) in [6, 6.07) is 10.5. The summed E-state index contributed by atoms with van der Waals surface area (Å²) in [5.41, 5.74) is 1.70. The molecule has 120 valence electrons. The van der Waals surface area contributed by atoms with Crippen LogP contribution in [-0.4, -0.2) is 28.1 Å². The second-order valence-electron chi connectivity index (χ2n) is 5.32. The second-order valence-corrected chi connectivity index (χ2v) is 5.32. The van der Waals surface area contributed by atoms with Gasteiger partial charge < -0.3 is 16.0 Å². The largest absolute Gasteiger partial charge is 0.348 e. The molecule has 0 aliphatic carbocycles. The highest BCUT2D eigenvalue weighted by atomic mass is 16.2. The van der Waals surface area contributed by atoms with Crippen LogP contribution in [0.1, 0.15) is 31.3 Å². The SMILES string of the molecule is CC(=O)Nc1cccc(Nc2ccc(C(=O)NC(C)C)nn2)c1. The fraction of sp³-hybridized carbons (Fsp3) is 0.250. The van der Waals surface area contributed by atoms with E-state index >= 15 is 0 Å². The molecule has 7 heteroatoms. The van der Waals surface area contributed by atoms with E-state index in [2.05, 4.69) is 26.1 Å². The van der Waals surface area contributed by atoms with Gasteiger partial charge in [0.1, 0.15) is 0 Å². The van der Waals surface area contributed by atoms with Crippen LogP contribution in [0, 0.1) is 0 Å². The van der Waals surface area contributed by atoms with Crippen LogP contribution in [0.2, 0.25) is 0 Å². The molecule has 1 heterocycles. The van der Waals surface area contributed by atoms with Gasteiger partial charge in [-0.05, 0) is 44.2 Å². The highest BCUT2D eigenvalue weighted by molar-refractivity contribution is 5.92. The zero-order chi connectivity index (χ0) is 16.8. The number of nitrogens with one attached hydrogen (secondary N) is 3. The number of benzene rings is 1. The van der Waals surface area contributed by atoms with Crippen LogP contribution in [0.25, 0.3) is 0 Å². The van der Waals surface area contributed by atoms with Gasteiger partial charge in [-0.2, -0.15) is 0 Å². The van der Waals surface area contributed by atoms with E-state index in [0.29, 0.717) is 11.5 Å². The maximum Gasteiger partial charge on any atom is 0.271 e. The highest BCUT2D eigenvalue weighted by Gasteiger charge is 2.09. The molecule has 0 radical (unpaired) electrons. The van der Waals surface area contributed by atoms with Crippen molar-refractivity contribution in [3.8, 4) is 0 Å². The molecule has 23 heavy (non-hydrogen) atoms. The fourth-order valence-electron chi connectivity index (χ4n) is 1.88. The first-order valence-electron chi connectivity index (χ1n) is 7.23. The number of nitrogens with zero attached hydrogens (tertiary/aromatic N) is 2. The summed E-state index contributed by atoms with van der Waals surface area (Å²) in [7, 11) is 0. The standard InChI is InChI=1S/C16H19N5O2/c1-10(2)17-16(23)14-7-8-15(21-20-14)19-13-6-4-5-12(9-13)18-11(3)22/h4-10H,1-3H3,(H,17,23)(H,18,22)(H,19,21). The molecule has 0 spiro atoms. The van der Waals surface area contributed by atoms with Gasteiger partial charge in [-0.1, -0.05) is 6.07 Å². The van der Waals surface area contributed by atoms with Gasteiger partial charge >= 0.3 is 0 Å². The molecule has 0 fully saturated rings. The second kappa shape index (κ2) is 7.35. The van der Waals surface area contributed by atoms with Crippen LogP contribution in [0.3, 0.4) is 0 Å². The first-order valence-corrected chi connectivity index (χ1v) is 7.23. The van der Waals surface area contributed by atoms with Crippen LogP contribution < -0.4 is 16.0 Å². The zero-order valence-electron chi connectivity index (χ0n) is 13.3. The van der Waals surface area contributed by atoms with Gasteiger partial charge in [0.15, 0.2) is 11.5 Å². The fourth-order valence-corrected chi connectivity index (χ4v) is 1.88. The van der Waals surface area contributed by atoms with Crippen molar-refractivity contribution in [1.82, 2.24) is 15.5 Å². The Balaban J connectivity index is 2.06. The molecule has 0 bridgehead atoms. The minimum atomic E-state index is -0.258. The molecule has 2 aromatic rings. The van der Waals surface area contributed by atoms with Crippen molar-refractivity contribution in [2.75, 3.05) is 10.6 Å². The van der Waals surface area contributed by atoms with Gasteiger partial charge in [0.25, 0.3) is 5.91 Å². The van der Waals surface area contributed by atoms with Gasteiger partial charge in [0, 0.05) is 24.3 Å². The third-order valence-corrected chi connectivity index (χ3v) is 2.77. The van der Waals surface area contributed by atoms with E-state index in [0.717, 1.165) is 5.69 Å². The summed E-state index contributed by atoms with van der Waals surface area (Å²) in [5.74, 6) is 0.111. The van der Waals surface area contributed by atoms with E-state index in [9.17, 15) is 9.59 Å². The predicted octanol–water partition coefficient (Wildman–Crippen LogP) is 2.32. The summed E-state index contributed by atoms with van der Waals surface area (Å²) in [6.07, 6.45) is 0. The quantitative estimate of drug-likeness (QED) is 0.787. The lowest BCUT2D eigenvalue weighted by Gasteiger charge is -2.09. The summed E-state index contributed by atoms with van der Waals surface area (Å²) in [5, 5.41) is 16.4. The Morgan fingerprint density at radius 3 is 2.39 bits per heavy atom. The molecular weight excluding hydrogens is 294 g/mol. The topological polar surface area (TPSA) is 96.0 Å². The highest BCUT2D eigenvalue weighted by Crippen LogP contribution is 2.18. The van der Waals surface area contributed by atoms with Crippen molar-refractivity contribution >= 4 is 29.0 Å². The van der Waals surface area contributed by atoms with Gasteiger partial charge in [0.2, 0.25) is 5.91 Å². The van der Waals surface area contributed by atoms with Gasteiger partial charge in [-0.25, -0.2) is 0 Å². The van der Waals surface area contributed by atoms with Crippen LogP contribution in [-0.2, 0) is 4.79 Å². The third-order valence-electron chi connectivity index (χ3n) is 2.77. The number of hydrogen-bond donors (Lipinski definition) is 3. The van der Waals surface area contributed by atoms with E-state index in [1.165, 1.54) is 6.92 Å². The molecule has 1 aromatic heterocycles. The zero-order valence-corrected chi connectivity index (χ0v) is 13.3. The minimum absolute atomic E-state index is 0.0404. The van der Waals surface area contributed by atoms with Crippen LogP contribution in [0.4, 0.5) is 17.2 Å². The Morgan fingerprint density at radius 2 is 1.78 bits per heavy atom. The van der Waals surface area contributed by atoms with Crippen LogP contribution >= 0.6 is 0 Å². The van der Waals surface area contributed by atoms with E-state index in [1.807, 2.05) is 26.0 Å². The smallest absolute Gasteiger partial charge is 0.271 e. The number of amides is 2. The van der Waals surface area contributed by atoms with Crippen molar-refractivity contribution in [3.63, 3.8) is 0 Å². The van der Waals surface area contributed by atoms with Crippen LogP contribution in [0.15, 0.2) is 36.4 Å². The van der Waals surface area contributed by atoms with Gasteiger partial charge in [0.05, 0.1) is 0 Å². The minimum Gasteiger partial charge on any atom is -0.348 e. The molecular formula is C16H19N5O2. The van der Waals surface area contributed by atoms with E-state index in [-0.39, 0.29) is 23.6 Å². The first kappa shape index (κ1) is 16.4. The molecule has 2 rings (SSSR count). The monoisotopic (exact) mass is 313 g/mol. The van der Waals surface area contributed by atoms with Gasteiger partial charge in [-0.15, -0.1) is 10.2 Å². The lowest BCUT2D eigenvalue weighted by atomic mass is 10.2. The molecule has 1 aromatic carbocycles. The average Bonchev–Trinajstić information content (AvgIpc) is 2.47. The molecule has 3 N–H and O–H groups in total. The summed E-state index contributed by atoms with van der Waals surface area (Å²) < 4.78 is 0. The maximum absolute atomic E-state index is 11.8. The normalized spacial score (nSPS) is 10.3. The molecule has 0 unspecified atom stereocenters. The Labute approximate surface area is 134 Å². The number of aromatic nitrogens is 2. The summed E-state index contributed by atoms with van der Waals surface area (Å²) in [6.45, 7) is 5.21. The van der Waals surface area contributed by atoms with E-state index in [4.69, 9.17) is 0 Å². The van der Waals surface area contributed by atoms with Crippen molar-refractivity contribution in [3.05, 3.63) is 42.1 Å². The first-order chi connectivity index (χ1) is 10.9. The maximum atomic E-state index is 11.8. The van der Waals surface area contributed by atoms with Crippen LogP contribution in [0.5, 0.6) is 0 Å². The Bertz CT molecular complexity index is 698. The molecule has 7 nitrogen and oxygen atoms in total. The number of carbonyl (C=O) groups is 2. The molecule has 0 atom stereocenters. The third kappa shape index (κ3) is 5.06.